The average Bonchev–Trinajstić information content (AvgIpc) is 3.34. The molecule has 5 nitrogen and oxygen atoms in total. The van der Waals surface area contributed by atoms with Crippen LogP contribution in [0, 0.1) is 0 Å². The van der Waals surface area contributed by atoms with Gasteiger partial charge in [-0.1, -0.05) is 251 Å². The van der Waals surface area contributed by atoms with E-state index in [9.17, 15) is 9.59 Å². The molecule has 68 heavy (non-hydrogen) atoms. The van der Waals surface area contributed by atoms with Crippen molar-refractivity contribution in [2.45, 2.75) is 245 Å². The number of ether oxygens (including phenoxy) is 3. The van der Waals surface area contributed by atoms with E-state index in [0.29, 0.717) is 25.9 Å². The molecule has 0 rings (SSSR count). The van der Waals surface area contributed by atoms with Gasteiger partial charge in [-0.15, -0.1) is 0 Å². The van der Waals surface area contributed by atoms with Crippen LogP contribution < -0.4 is 0 Å². The minimum Gasteiger partial charge on any atom is -0.462 e. The smallest absolute Gasteiger partial charge is 0.306 e. The fourth-order valence-corrected chi connectivity index (χ4v) is 7.41. The zero-order chi connectivity index (χ0) is 49.2. The van der Waals surface area contributed by atoms with E-state index in [2.05, 4.69) is 136 Å². The Labute approximate surface area is 420 Å². The van der Waals surface area contributed by atoms with Crippen molar-refractivity contribution in [2.75, 3.05) is 19.8 Å². The third-order valence-electron chi connectivity index (χ3n) is 11.5. The van der Waals surface area contributed by atoms with Crippen molar-refractivity contribution >= 4 is 11.9 Å². The van der Waals surface area contributed by atoms with Crippen molar-refractivity contribution in [1.82, 2.24) is 0 Å². The molecule has 0 aliphatic rings. The van der Waals surface area contributed by atoms with Gasteiger partial charge in [-0.2, -0.15) is 0 Å². The molecule has 0 fully saturated rings. The molecule has 1 atom stereocenters. The summed E-state index contributed by atoms with van der Waals surface area (Å²) in [5, 5.41) is 0. The Kier molecular flexibility index (Phi) is 54.5. The van der Waals surface area contributed by atoms with Crippen molar-refractivity contribution in [1.29, 1.82) is 0 Å². The molecule has 0 saturated carbocycles. The summed E-state index contributed by atoms with van der Waals surface area (Å²) in [6, 6.07) is 0. The summed E-state index contributed by atoms with van der Waals surface area (Å²) >= 11 is 0. The Morgan fingerprint density at radius 2 is 0.691 bits per heavy atom. The van der Waals surface area contributed by atoms with Crippen LogP contribution in [0.2, 0.25) is 0 Å². The van der Waals surface area contributed by atoms with E-state index in [0.717, 1.165) is 103 Å². The van der Waals surface area contributed by atoms with Gasteiger partial charge in [0.05, 0.1) is 6.61 Å². The average molecular weight is 942 g/mol. The third kappa shape index (κ3) is 54.9. The van der Waals surface area contributed by atoms with E-state index >= 15 is 0 Å². The van der Waals surface area contributed by atoms with E-state index in [-0.39, 0.29) is 25.2 Å². The van der Waals surface area contributed by atoms with E-state index in [1.54, 1.807) is 0 Å². The van der Waals surface area contributed by atoms with E-state index < -0.39 is 6.10 Å². The molecule has 0 N–H and O–H groups in total. The Morgan fingerprint density at radius 1 is 0.338 bits per heavy atom. The lowest BCUT2D eigenvalue weighted by Crippen LogP contribution is -2.30. The second-order valence-electron chi connectivity index (χ2n) is 18.1. The van der Waals surface area contributed by atoms with Crippen molar-refractivity contribution in [3.8, 4) is 0 Å². The Morgan fingerprint density at radius 3 is 1.12 bits per heavy atom. The molecule has 1 unspecified atom stereocenters. The van der Waals surface area contributed by atoms with Gasteiger partial charge in [0.15, 0.2) is 6.10 Å². The summed E-state index contributed by atoms with van der Waals surface area (Å²) in [5.41, 5.74) is 0. The first-order valence-electron chi connectivity index (χ1n) is 28.1. The number of hydrogen-bond donors (Lipinski definition) is 0. The highest BCUT2D eigenvalue weighted by molar-refractivity contribution is 5.70. The van der Waals surface area contributed by atoms with Crippen LogP contribution in [0.4, 0.5) is 0 Å². The summed E-state index contributed by atoms with van der Waals surface area (Å²) in [6.07, 6.45) is 80.8. The molecule has 0 aliphatic heterocycles. The molecular formula is C63H104O5. The highest BCUT2D eigenvalue weighted by atomic mass is 16.6. The largest absolute Gasteiger partial charge is 0.462 e. The van der Waals surface area contributed by atoms with Crippen LogP contribution >= 0.6 is 0 Å². The predicted octanol–water partition coefficient (Wildman–Crippen LogP) is 19.3. The molecule has 0 radical (unpaired) electrons. The van der Waals surface area contributed by atoms with Gasteiger partial charge in [-0.3, -0.25) is 9.59 Å². The van der Waals surface area contributed by atoms with Crippen LogP contribution in [0.25, 0.3) is 0 Å². The van der Waals surface area contributed by atoms with Crippen molar-refractivity contribution in [3.63, 3.8) is 0 Å². The number of carbonyl (C=O) groups is 2. The van der Waals surface area contributed by atoms with Gasteiger partial charge >= 0.3 is 11.9 Å². The highest BCUT2D eigenvalue weighted by Crippen LogP contribution is 2.15. The van der Waals surface area contributed by atoms with E-state index in [1.165, 1.54) is 96.3 Å². The van der Waals surface area contributed by atoms with Gasteiger partial charge in [0.1, 0.15) is 6.61 Å². The first kappa shape index (κ1) is 64.3. The normalized spacial score (nSPS) is 13.2. The Hall–Kier alpha value is -3.70. The lowest BCUT2D eigenvalue weighted by Gasteiger charge is -2.18. The molecule has 0 spiro atoms. The molecule has 0 aliphatic carbocycles. The maximum Gasteiger partial charge on any atom is 0.306 e. The van der Waals surface area contributed by atoms with Gasteiger partial charge in [0.25, 0.3) is 0 Å². The predicted molar refractivity (Wildman–Crippen MR) is 297 cm³/mol. The summed E-state index contributed by atoms with van der Waals surface area (Å²) in [4.78, 5) is 25.5. The standard InChI is InChI=1S/C63H104O5/c1-4-7-10-13-16-19-22-25-28-30-32-33-36-38-41-44-47-50-53-56-62(64)67-60-61(68-63(65)57-54-51-48-45-42-39-35-27-24-21-18-15-12-9-6-3)59-66-58-55-52-49-46-43-40-37-34-31-29-26-23-20-17-14-11-8-5-2/h7-8,10-11,16-17,19-20,25-26,28-29,32-34,37-38,41,47,50,61H,4-6,9,12-15,18,21-24,27,30-31,35-36,39-40,42-46,48-49,51-60H2,1-3H3/b10-7-,11-8-,19-16-,20-17-,28-25-,29-26-,33-32-,37-34-,41-38-,50-47-. The van der Waals surface area contributed by atoms with E-state index in [1.807, 2.05) is 6.08 Å². The minimum atomic E-state index is -0.584. The second kappa shape index (κ2) is 57.6. The number of hydrogen-bond acceptors (Lipinski definition) is 5. The van der Waals surface area contributed by atoms with Crippen LogP contribution in [-0.4, -0.2) is 37.9 Å². The van der Waals surface area contributed by atoms with Crippen LogP contribution in [0.5, 0.6) is 0 Å². The lowest BCUT2D eigenvalue weighted by molar-refractivity contribution is -0.162. The Balaban J connectivity index is 4.44. The highest BCUT2D eigenvalue weighted by Gasteiger charge is 2.17. The number of carbonyl (C=O) groups excluding carboxylic acids is 2. The van der Waals surface area contributed by atoms with Gasteiger partial charge in [0, 0.05) is 19.4 Å². The zero-order valence-corrected chi connectivity index (χ0v) is 44.3. The van der Waals surface area contributed by atoms with Crippen molar-refractivity contribution in [2.24, 2.45) is 0 Å². The number of rotatable bonds is 50. The first-order valence-corrected chi connectivity index (χ1v) is 28.1. The quantitative estimate of drug-likeness (QED) is 0.0345. The van der Waals surface area contributed by atoms with Crippen molar-refractivity contribution in [3.05, 3.63) is 122 Å². The maximum absolute atomic E-state index is 12.8. The molecule has 0 heterocycles. The second-order valence-corrected chi connectivity index (χ2v) is 18.1. The molecule has 0 saturated heterocycles. The number of esters is 2. The third-order valence-corrected chi connectivity index (χ3v) is 11.5. The lowest BCUT2D eigenvalue weighted by atomic mass is 10.0. The molecular weight excluding hydrogens is 837 g/mol. The molecule has 0 aromatic carbocycles. The molecule has 5 heteroatoms. The topological polar surface area (TPSA) is 61.8 Å². The van der Waals surface area contributed by atoms with Gasteiger partial charge in [-0.05, 0) is 96.3 Å². The van der Waals surface area contributed by atoms with Crippen molar-refractivity contribution < 1.29 is 23.8 Å². The molecule has 386 valence electrons. The van der Waals surface area contributed by atoms with Gasteiger partial charge in [0.2, 0.25) is 0 Å². The summed E-state index contributed by atoms with van der Waals surface area (Å²) in [6.45, 7) is 7.49. The molecule has 0 aromatic heterocycles. The fraction of sp³-hybridized carbons (Fsp3) is 0.651. The zero-order valence-electron chi connectivity index (χ0n) is 44.3. The van der Waals surface area contributed by atoms with Gasteiger partial charge in [-0.25, -0.2) is 0 Å². The van der Waals surface area contributed by atoms with E-state index in [4.69, 9.17) is 14.2 Å². The monoisotopic (exact) mass is 941 g/mol. The molecule has 0 amide bonds. The Bertz CT molecular complexity index is 1390. The summed E-state index contributed by atoms with van der Waals surface area (Å²) < 4.78 is 17.4. The number of allylic oxidation sites excluding steroid dienone is 20. The SMILES string of the molecule is CC/C=C\C/C=C\C/C=C\C/C=C\C/C=C\C/C=C\CCC(=O)OCC(COCCCCCCC/C=C\C/C=C\C/C=C\C/C=C\CC)OC(=O)CCCCCCCCCCCCCCCCC. The summed E-state index contributed by atoms with van der Waals surface area (Å²) in [7, 11) is 0. The first-order chi connectivity index (χ1) is 33.6. The van der Waals surface area contributed by atoms with Crippen LogP contribution in [-0.2, 0) is 23.8 Å². The molecule has 0 aromatic rings. The van der Waals surface area contributed by atoms with Crippen LogP contribution in [0.1, 0.15) is 239 Å². The van der Waals surface area contributed by atoms with Gasteiger partial charge < -0.3 is 14.2 Å². The van der Waals surface area contributed by atoms with Crippen LogP contribution in [0.15, 0.2) is 122 Å². The summed E-state index contributed by atoms with van der Waals surface area (Å²) in [5.74, 6) is -0.506. The van der Waals surface area contributed by atoms with Crippen LogP contribution in [0.3, 0.4) is 0 Å². The maximum atomic E-state index is 12.8. The fourth-order valence-electron chi connectivity index (χ4n) is 7.41. The molecule has 0 bridgehead atoms. The number of unbranched alkanes of at least 4 members (excludes halogenated alkanes) is 19. The minimum absolute atomic E-state index is 0.0322.